The lowest BCUT2D eigenvalue weighted by Gasteiger charge is -2.48. The molecule has 2 fully saturated rings. The lowest BCUT2D eigenvalue weighted by atomic mass is 9.73. The normalized spacial score (nSPS) is 32.5. The molecule has 3 heterocycles. The van der Waals surface area contributed by atoms with Crippen LogP contribution in [0.4, 0.5) is 18.9 Å². The van der Waals surface area contributed by atoms with Crippen LogP contribution in [0.25, 0.3) is 0 Å². The van der Waals surface area contributed by atoms with Crippen LogP contribution >= 0.6 is 0 Å². The number of aliphatic hydroxyl groups excluding tert-OH is 1. The Balaban J connectivity index is 1.34. The van der Waals surface area contributed by atoms with Gasteiger partial charge in [0.25, 0.3) is 0 Å². The van der Waals surface area contributed by atoms with Gasteiger partial charge in [-0.25, -0.2) is 0 Å². The van der Waals surface area contributed by atoms with Crippen LogP contribution in [0.5, 0.6) is 0 Å². The van der Waals surface area contributed by atoms with E-state index in [9.17, 15) is 23.4 Å². The minimum absolute atomic E-state index is 0.0220. The van der Waals surface area contributed by atoms with Crippen molar-refractivity contribution in [1.29, 1.82) is 0 Å². The van der Waals surface area contributed by atoms with Crippen molar-refractivity contribution >= 4 is 5.69 Å². The van der Waals surface area contributed by atoms with Crippen molar-refractivity contribution in [1.82, 2.24) is 4.90 Å². The number of hydrogen-bond donors (Lipinski definition) is 3. The molecule has 2 saturated heterocycles. The summed E-state index contributed by atoms with van der Waals surface area (Å²) in [6.45, 7) is 2.13. The zero-order valence-electron chi connectivity index (χ0n) is 19.9. The highest BCUT2D eigenvalue weighted by Crippen LogP contribution is 2.49. The maximum Gasteiger partial charge on any atom is 0.416 e. The number of hydrogen-bond acceptors (Lipinski definition) is 5. The summed E-state index contributed by atoms with van der Waals surface area (Å²) in [7, 11) is 0. The van der Waals surface area contributed by atoms with Gasteiger partial charge < -0.3 is 25.2 Å². The largest absolute Gasteiger partial charge is 0.416 e. The van der Waals surface area contributed by atoms with Crippen LogP contribution in [0.1, 0.15) is 55.8 Å². The number of nitrogens with zero attached hydrogens (tertiary/aromatic N) is 1. The minimum Gasteiger partial charge on any atom is -0.396 e. The third kappa shape index (κ3) is 5.31. The number of likely N-dealkylation sites (tertiary alicyclic amines) is 1. The maximum absolute atomic E-state index is 13.5. The van der Waals surface area contributed by atoms with Gasteiger partial charge in [-0.1, -0.05) is 24.3 Å². The lowest BCUT2D eigenvalue weighted by Crippen LogP contribution is -2.50. The number of fused-ring (bicyclic) bond motifs is 3. The van der Waals surface area contributed by atoms with Gasteiger partial charge >= 0.3 is 6.18 Å². The first-order valence-corrected chi connectivity index (χ1v) is 12.8. The van der Waals surface area contributed by atoms with Gasteiger partial charge in [-0.3, -0.25) is 0 Å². The van der Waals surface area contributed by atoms with Gasteiger partial charge in [-0.15, -0.1) is 0 Å². The van der Waals surface area contributed by atoms with Gasteiger partial charge in [0.1, 0.15) is 0 Å². The average molecular weight is 493 g/mol. The Bertz CT molecular complexity index is 955. The fraction of sp³-hybridized carbons (Fsp3) is 0.630. The summed E-state index contributed by atoms with van der Waals surface area (Å²) in [5, 5.41) is 23.4. The fourth-order valence-electron chi connectivity index (χ4n) is 6.29. The predicted octanol–water partition coefficient (Wildman–Crippen LogP) is 4.68. The highest BCUT2D eigenvalue weighted by molar-refractivity contribution is 5.58. The number of nitrogens with one attached hydrogen (secondary N) is 1. The number of anilines is 1. The SMILES string of the molecule is OCCC1(O)CCN(C[C@H]2CC[C@@H]3[C@H](O2)c2cc(C(F)(F)F)ccc2N[C@H]3C2C=CC=CC2)CC1. The summed E-state index contributed by atoms with van der Waals surface area (Å²) in [5.74, 6) is 0.369. The second kappa shape index (κ2) is 9.88. The molecular formula is C27H35F3N2O3. The van der Waals surface area contributed by atoms with Crippen LogP contribution in [-0.2, 0) is 10.9 Å². The van der Waals surface area contributed by atoms with E-state index in [0.29, 0.717) is 31.4 Å². The Labute approximate surface area is 204 Å². The first-order valence-electron chi connectivity index (χ1n) is 12.8. The van der Waals surface area contributed by atoms with Crippen molar-refractivity contribution < 1.29 is 28.1 Å². The number of alkyl halides is 3. The number of ether oxygens (including phenoxy) is 1. The van der Waals surface area contributed by atoms with Crippen LogP contribution in [0, 0.1) is 11.8 Å². The molecule has 0 amide bonds. The van der Waals surface area contributed by atoms with Crippen LogP contribution in [0.3, 0.4) is 0 Å². The van der Waals surface area contributed by atoms with E-state index in [1.54, 1.807) is 6.07 Å². The highest BCUT2D eigenvalue weighted by Gasteiger charge is 2.45. The first kappa shape index (κ1) is 24.8. The van der Waals surface area contributed by atoms with Gasteiger partial charge in [0, 0.05) is 55.4 Å². The van der Waals surface area contributed by atoms with Crippen molar-refractivity contribution in [3.8, 4) is 0 Å². The minimum atomic E-state index is -4.40. The van der Waals surface area contributed by atoms with Crippen LogP contribution < -0.4 is 5.32 Å². The molecule has 0 saturated carbocycles. The summed E-state index contributed by atoms with van der Waals surface area (Å²) >= 11 is 0. The molecule has 8 heteroatoms. The maximum atomic E-state index is 13.5. The zero-order chi connectivity index (χ0) is 24.6. The summed E-state index contributed by atoms with van der Waals surface area (Å²) in [6.07, 6.45) is 7.83. The van der Waals surface area contributed by atoms with Crippen LogP contribution in [0.15, 0.2) is 42.5 Å². The number of rotatable bonds is 5. The molecule has 1 aromatic carbocycles. The number of aliphatic hydroxyl groups is 2. The second-order valence-corrected chi connectivity index (χ2v) is 10.6. The van der Waals surface area contributed by atoms with E-state index in [0.717, 1.165) is 44.1 Å². The third-order valence-electron chi connectivity index (χ3n) is 8.32. The van der Waals surface area contributed by atoms with Gasteiger partial charge in [0.2, 0.25) is 0 Å². The van der Waals surface area contributed by atoms with Gasteiger partial charge in [0.05, 0.1) is 23.4 Å². The van der Waals surface area contributed by atoms with Crippen LogP contribution in [0.2, 0.25) is 0 Å². The monoisotopic (exact) mass is 492 g/mol. The van der Waals surface area contributed by atoms with Crippen molar-refractivity contribution in [3.63, 3.8) is 0 Å². The Morgan fingerprint density at radius 2 is 1.94 bits per heavy atom. The molecule has 3 N–H and O–H groups in total. The average Bonchev–Trinajstić information content (AvgIpc) is 2.85. The van der Waals surface area contributed by atoms with Gasteiger partial charge in [-0.2, -0.15) is 13.2 Å². The zero-order valence-corrected chi connectivity index (χ0v) is 19.9. The van der Waals surface area contributed by atoms with Crippen molar-refractivity contribution in [2.24, 2.45) is 11.8 Å². The summed E-state index contributed by atoms with van der Waals surface area (Å²) in [4.78, 5) is 2.27. The molecule has 5 nitrogen and oxygen atoms in total. The van der Waals surface area contributed by atoms with E-state index < -0.39 is 17.3 Å². The predicted molar refractivity (Wildman–Crippen MR) is 128 cm³/mol. The number of allylic oxidation sites excluding steroid dienone is 3. The molecule has 3 aliphatic heterocycles. The Hall–Kier alpha value is -1.87. The molecule has 5 atom stereocenters. The van der Waals surface area contributed by atoms with E-state index in [4.69, 9.17) is 4.74 Å². The van der Waals surface area contributed by atoms with E-state index in [-0.39, 0.29) is 36.7 Å². The third-order valence-corrected chi connectivity index (χ3v) is 8.32. The molecule has 4 aliphatic rings. The smallest absolute Gasteiger partial charge is 0.396 e. The van der Waals surface area contributed by atoms with Crippen molar-refractivity contribution in [3.05, 3.63) is 53.6 Å². The number of halogens is 3. The van der Waals surface area contributed by atoms with E-state index in [2.05, 4.69) is 22.4 Å². The van der Waals surface area contributed by atoms with Crippen molar-refractivity contribution in [2.75, 3.05) is 31.6 Å². The standard InChI is InChI=1S/C27H35F3N2O3/c28-27(29,30)19-6-9-23-22(16-19)25-21(24(31-23)18-4-2-1-3-5-18)8-7-20(35-25)17-32-13-10-26(34,11-14-32)12-15-33/h1-4,6,9,16,18,20-21,24-25,31,33-34H,5,7-8,10-15,17H2/t18?,20-,21+,24+,25+/m1/s1. The molecule has 0 radical (unpaired) electrons. The van der Waals surface area contributed by atoms with Crippen molar-refractivity contribution in [2.45, 2.75) is 68.6 Å². The van der Waals surface area contributed by atoms with E-state index in [1.165, 1.54) is 6.07 Å². The van der Waals surface area contributed by atoms with Crippen LogP contribution in [-0.4, -0.2) is 59.1 Å². The second-order valence-electron chi connectivity index (χ2n) is 10.6. The number of piperidine rings is 1. The molecule has 0 aromatic heterocycles. The fourth-order valence-corrected chi connectivity index (χ4v) is 6.29. The molecule has 192 valence electrons. The molecule has 35 heavy (non-hydrogen) atoms. The molecule has 0 spiro atoms. The molecular weight excluding hydrogens is 457 g/mol. The lowest BCUT2D eigenvalue weighted by molar-refractivity contribution is -0.138. The molecule has 1 aliphatic carbocycles. The van der Waals surface area contributed by atoms with Gasteiger partial charge in [-0.05, 0) is 56.7 Å². The summed E-state index contributed by atoms with van der Waals surface area (Å²) < 4.78 is 47.2. The quantitative estimate of drug-likeness (QED) is 0.557. The molecule has 5 rings (SSSR count). The molecule has 1 unspecified atom stereocenters. The first-order chi connectivity index (χ1) is 16.8. The highest BCUT2D eigenvalue weighted by atomic mass is 19.4. The summed E-state index contributed by atoms with van der Waals surface area (Å²) in [6, 6.07) is 4.09. The summed E-state index contributed by atoms with van der Waals surface area (Å²) in [5.41, 5.74) is -0.0985. The Morgan fingerprint density at radius 1 is 1.14 bits per heavy atom. The molecule has 0 bridgehead atoms. The topological polar surface area (TPSA) is 65.0 Å². The number of benzene rings is 1. The Morgan fingerprint density at radius 3 is 2.63 bits per heavy atom. The molecule has 1 aromatic rings. The van der Waals surface area contributed by atoms with E-state index >= 15 is 0 Å². The Kier molecular flexibility index (Phi) is 7.00. The van der Waals surface area contributed by atoms with E-state index in [1.807, 2.05) is 12.2 Å². The van der Waals surface area contributed by atoms with Gasteiger partial charge in [0.15, 0.2) is 0 Å².